The van der Waals surface area contributed by atoms with Crippen molar-refractivity contribution in [2.45, 2.75) is 0 Å². The third-order valence-corrected chi connectivity index (χ3v) is 2.19. The van der Waals surface area contributed by atoms with E-state index < -0.39 is 0 Å². The second-order valence-corrected chi connectivity index (χ2v) is 3.47. The number of benzene rings is 1. The van der Waals surface area contributed by atoms with Gasteiger partial charge in [0.05, 0.1) is 0 Å². The molecule has 0 aromatic heterocycles. The van der Waals surface area contributed by atoms with Crippen LogP contribution in [0, 0.1) is 0 Å². The molecule has 4 nitrogen and oxygen atoms in total. The van der Waals surface area contributed by atoms with Crippen molar-refractivity contribution in [2.75, 3.05) is 20.8 Å². The summed E-state index contributed by atoms with van der Waals surface area (Å²) in [6.45, 7) is -0.0958. The first-order chi connectivity index (χ1) is 8.15. The van der Waals surface area contributed by atoms with E-state index in [4.69, 9.17) is 0 Å². The van der Waals surface area contributed by atoms with Gasteiger partial charge >= 0.3 is 0 Å². The van der Waals surface area contributed by atoms with Gasteiger partial charge in [0.1, 0.15) is 6.61 Å². The van der Waals surface area contributed by atoms with E-state index in [0.29, 0.717) is 0 Å². The van der Waals surface area contributed by atoms with E-state index in [1.807, 2.05) is 30.3 Å². The van der Waals surface area contributed by atoms with E-state index >= 15 is 0 Å². The standard InChI is InChI=1S/C13H15NO3/c1-14(13(16)10-17-2)12(15)9-8-11-6-4-3-5-7-11/h3-9H,10H2,1-2H3/b9-8+. The minimum atomic E-state index is -0.366. The Balaban J connectivity index is 2.60. The predicted molar refractivity (Wildman–Crippen MR) is 65.1 cm³/mol. The number of methoxy groups -OCH3 is 1. The summed E-state index contributed by atoms with van der Waals surface area (Å²) in [5.74, 6) is -0.730. The number of nitrogens with zero attached hydrogens (tertiary/aromatic N) is 1. The summed E-state index contributed by atoms with van der Waals surface area (Å²) in [4.78, 5) is 24.0. The Bertz CT molecular complexity index is 412. The van der Waals surface area contributed by atoms with Gasteiger partial charge in [-0.2, -0.15) is 0 Å². The van der Waals surface area contributed by atoms with Crippen LogP contribution in [-0.2, 0) is 14.3 Å². The van der Waals surface area contributed by atoms with E-state index in [-0.39, 0.29) is 18.4 Å². The van der Waals surface area contributed by atoms with Crippen molar-refractivity contribution in [3.8, 4) is 0 Å². The van der Waals surface area contributed by atoms with Crippen molar-refractivity contribution in [3.63, 3.8) is 0 Å². The van der Waals surface area contributed by atoms with Crippen molar-refractivity contribution in [1.82, 2.24) is 4.90 Å². The Morgan fingerprint density at radius 3 is 2.53 bits per heavy atom. The summed E-state index contributed by atoms with van der Waals surface area (Å²) in [7, 11) is 2.84. The monoisotopic (exact) mass is 233 g/mol. The maximum atomic E-state index is 11.6. The van der Waals surface area contributed by atoms with Crippen LogP contribution in [0.25, 0.3) is 6.08 Å². The Morgan fingerprint density at radius 2 is 1.94 bits per heavy atom. The van der Waals surface area contributed by atoms with E-state index in [2.05, 4.69) is 4.74 Å². The van der Waals surface area contributed by atoms with Crippen molar-refractivity contribution in [2.24, 2.45) is 0 Å². The summed E-state index contributed by atoms with van der Waals surface area (Å²) >= 11 is 0. The highest BCUT2D eigenvalue weighted by Crippen LogP contribution is 2.01. The Morgan fingerprint density at radius 1 is 1.29 bits per heavy atom. The van der Waals surface area contributed by atoms with Gasteiger partial charge in [0.15, 0.2) is 0 Å². The van der Waals surface area contributed by atoms with E-state index in [1.165, 1.54) is 20.2 Å². The molecule has 0 aliphatic carbocycles. The number of imide groups is 1. The van der Waals surface area contributed by atoms with Crippen LogP contribution in [0.3, 0.4) is 0 Å². The van der Waals surface area contributed by atoms with Gasteiger partial charge in [-0.1, -0.05) is 30.3 Å². The van der Waals surface area contributed by atoms with E-state index in [0.717, 1.165) is 10.5 Å². The molecule has 0 heterocycles. The molecule has 0 bridgehead atoms. The lowest BCUT2D eigenvalue weighted by Gasteiger charge is -2.11. The van der Waals surface area contributed by atoms with Gasteiger partial charge in [0.2, 0.25) is 0 Å². The molecule has 0 saturated carbocycles. The van der Waals surface area contributed by atoms with Gasteiger partial charge in [-0.05, 0) is 11.6 Å². The predicted octanol–water partition coefficient (Wildman–Crippen LogP) is 1.33. The fraction of sp³-hybridized carbons (Fsp3) is 0.231. The minimum Gasteiger partial charge on any atom is -0.375 e. The molecule has 1 aromatic carbocycles. The summed E-state index contributed by atoms with van der Waals surface area (Å²) < 4.78 is 4.67. The van der Waals surface area contributed by atoms with Gasteiger partial charge in [0, 0.05) is 20.2 Å². The van der Waals surface area contributed by atoms with Crippen molar-refractivity contribution < 1.29 is 14.3 Å². The lowest BCUT2D eigenvalue weighted by molar-refractivity contribution is -0.142. The van der Waals surface area contributed by atoms with Crippen LogP contribution in [0.2, 0.25) is 0 Å². The molecular weight excluding hydrogens is 218 g/mol. The number of rotatable bonds is 4. The maximum absolute atomic E-state index is 11.6. The Hall–Kier alpha value is -1.94. The number of hydrogen-bond donors (Lipinski definition) is 0. The zero-order chi connectivity index (χ0) is 12.7. The number of amides is 2. The van der Waals surface area contributed by atoms with Crippen molar-refractivity contribution in [3.05, 3.63) is 42.0 Å². The molecule has 0 atom stereocenters. The first kappa shape index (κ1) is 13.1. The number of likely N-dealkylation sites (N-methyl/N-ethyl adjacent to an activating group) is 1. The first-order valence-electron chi connectivity index (χ1n) is 5.17. The van der Waals surface area contributed by atoms with Gasteiger partial charge < -0.3 is 4.74 Å². The fourth-order valence-electron chi connectivity index (χ4n) is 1.19. The highest BCUT2D eigenvalue weighted by Gasteiger charge is 2.13. The second-order valence-electron chi connectivity index (χ2n) is 3.47. The molecule has 0 spiro atoms. The molecule has 0 saturated heterocycles. The van der Waals surface area contributed by atoms with Crippen LogP contribution in [-0.4, -0.2) is 37.5 Å². The molecule has 2 amide bonds. The largest absolute Gasteiger partial charge is 0.375 e. The lowest BCUT2D eigenvalue weighted by atomic mass is 10.2. The number of ether oxygens (including phenoxy) is 1. The fourth-order valence-corrected chi connectivity index (χ4v) is 1.19. The zero-order valence-electron chi connectivity index (χ0n) is 9.92. The highest BCUT2D eigenvalue weighted by molar-refractivity contribution is 6.02. The molecule has 1 rings (SSSR count). The zero-order valence-corrected chi connectivity index (χ0v) is 9.92. The SMILES string of the molecule is COCC(=O)N(C)C(=O)/C=C/c1ccccc1. The summed E-state index contributed by atoms with van der Waals surface area (Å²) in [5.41, 5.74) is 0.911. The number of carbonyl (C=O) groups excluding carboxylic acids is 2. The minimum absolute atomic E-state index is 0.0958. The summed E-state index contributed by atoms with van der Waals surface area (Å²) in [6.07, 6.45) is 3.03. The average molecular weight is 233 g/mol. The molecule has 0 radical (unpaired) electrons. The molecule has 90 valence electrons. The molecule has 0 N–H and O–H groups in total. The highest BCUT2D eigenvalue weighted by atomic mass is 16.5. The van der Waals surface area contributed by atoms with Crippen LogP contribution in [0.5, 0.6) is 0 Å². The Kier molecular flexibility index (Phi) is 5.10. The third-order valence-electron chi connectivity index (χ3n) is 2.19. The van der Waals surface area contributed by atoms with E-state index in [1.54, 1.807) is 6.08 Å². The topological polar surface area (TPSA) is 46.6 Å². The quantitative estimate of drug-likeness (QED) is 0.737. The normalized spacial score (nSPS) is 10.5. The maximum Gasteiger partial charge on any atom is 0.255 e. The third kappa shape index (κ3) is 4.20. The van der Waals surface area contributed by atoms with Crippen molar-refractivity contribution in [1.29, 1.82) is 0 Å². The molecule has 0 unspecified atom stereocenters. The molecule has 1 aromatic rings. The molecule has 17 heavy (non-hydrogen) atoms. The lowest BCUT2D eigenvalue weighted by Crippen LogP contribution is -2.34. The average Bonchev–Trinajstić information content (AvgIpc) is 2.36. The van der Waals surface area contributed by atoms with Crippen LogP contribution >= 0.6 is 0 Å². The molecule has 0 fully saturated rings. The van der Waals surface area contributed by atoms with Crippen LogP contribution < -0.4 is 0 Å². The van der Waals surface area contributed by atoms with Crippen LogP contribution in [0.1, 0.15) is 5.56 Å². The van der Waals surface area contributed by atoms with Gasteiger partial charge in [0.25, 0.3) is 11.8 Å². The smallest absolute Gasteiger partial charge is 0.255 e. The second kappa shape index (κ2) is 6.60. The summed E-state index contributed by atoms with van der Waals surface area (Å²) in [6, 6.07) is 9.41. The van der Waals surface area contributed by atoms with Gasteiger partial charge in [-0.3, -0.25) is 14.5 Å². The molecule has 0 aliphatic rings. The molecule has 0 aliphatic heterocycles. The molecule has 4 heteroatoms. The van der Waals surface area contributed by atoms with Gasteiger partial charge in [-0.25, -0.2) is 0 Å². The van der Waals surface area contributed by atoms with Crippen LogP contribution in [0.4, 0.5) is 0 Å². The Labute approximate surface area is 100 Å². The van der Waals surface area contributed by atoms with Crippen LogP contribution in [0.15, 0.2) is 36.4 Å². The van der Waals surface area contributed by atoms with Gasteiger partial charge in [-0.15, -0.1) is 0 Å². The van der Waals surface area contributed by atoms with E-state index in [9.17, 15) is 9.59 Å². The summed E-state index contributed by atoms with van der Waals surface area (Å²) in [5, 5.41) is 0. The number of hydrogen-bond acceptors (Lipinski definition) is 3. The molecular formula is C13H15NO3. The first-order valence-corrected chi connectivity index (χ1v) is 5.17. The van der Waals surface area contributed by atoms with Crippen molar-refractivity contribution >= 4 is 17.9 Å². The number of carbonyl (C=O) groups is 2.